The Morgan fingerprint density at radius 2 is 2.04 bits per heavy atom. The lowest BCUT2D eigenvalue weighted by Gasteiger charge is -2.31. The number of rotatable bonds is 4. The molecule has 1 aromatic carbocycles. The lowest BCUT2D eigenvalue weighted by Crippen LogP contribution is -2.47. The van der Waals surface area contributed by atoms with E-state index in [4.69, 9.17) is 4.74 Å². The summed E-state index contributed by atoms with van der Waals surface area (Å²) in [4.78, 5) is 21.2. The third-order valence-electron chi connectivity index (χ3n) is 4.14. The van der Waals surface area contributed by atoms with E-state index in [2.05, 4.69) is 9.88 Å². The molecule has 1 unspecified atom stereocenters. The van der Waals surface area contributed by atoms with Crippen LogP contribution in [0.1, 0.15) is 11.3 Å². The van der Waals surface area contributed by atoms with Crippen molar-refractivity contribution in [3.8, 4) is 5.75 Å². The van der Waals surface area contributed by atoms with Gasteiger partial charge in [-0.05, 0) is 32.3 Å². The standard InChI is InChI=1S/C19H23N3O2/c1-21(2)13-17-14-24-18-9-4-3-7-15(18)12-22(17)19(23)11-16-8-5-6-10-20-16/h3-10,17H,11-14H2,1-2H3. The first-order valence-corrected chi connectivity index (χ1v) is 8.18. The molecule has 0 aliphatic carbocycles. The highest BCUT2D eigenvalue weighted by atomic mass is 16.5. The Bertz CT molecular complexity index is 688. The second-order valence-corrected chi connectivity index (χ2v) is 6.35. The molecule has 2 heterocycles. The number of para-hydroxylation sites is 1. The predicted octanol–water partition coefficient (Wildman–Crippen LogP) is 1.98. The fraction of sp³-hybridized carbons (Fsp3) is 0.368. The van der Waals surface area contributed by atoms with E-state index < -0.39 is 0 Å². The van der Waals surface area contributed by atoms with Crippen molar-refractivity contribution in [3.05, 3.63) is 59.9 Å². The number of hydrogen-bond acceptors (Lipinski definition) is 4. The maximum atomic E-state index is 12.9. The quantitative estimate of drug-likeness (QED) is 0.862. The summed E-state index contributed by atoms with van der Waals surface area (Å²) in [7, 11) is 4.03. The number of ether oxygens (including phenoxy) is 1. The van der Waals surface area contributed by atoms with Gasteiger partial charge in [-0.1, -0.05) is 24.3 Å². The Morgan fingerprint density at radius 1 is 1.25 bits per heavy atom. The number of hydrogen-bond donors (Lipinski definition) is 0. The molecule has 0 bridgehead atoms. The van der Waals surface area contributed by atoms with Gasteiger partial charge in [-0.3, -0.25) is 9.78 Å². The van der Waals surface area contributed by atoms with Crippen LogP contribution in [0.4, 0.5) is 0 Å². The first kappa shape index (κ1) is 16.5. The lowest BCUT2D eigenvalue weighted by molar-refractivity contribution is -0.134. The van der Waals surface area contributed by atoms with E-state index in [0.29, 0.717) is 19.6 Å². The van der Waals surface area contributed by atoms with Crippen LogP contribution >= 0.6 is 0 Å². The molecule has 0 radical (unpaired) electrons. The van der Waals surface area contributed by atoms with Gasteiger partial charge < -0.3 is 14.5 Å². The number of carbonyl (C=O) groups excluding carboxylic acids is 1. The molecule has 126 valence electrons. The molecule has 24 heavy (non-hydrogen) atoms. The van der Waals surface area contributed by atoms with Crippen molar-refractivity contribution in [2.45, 2.75) is 19.0 Å². The molecular formula is C19H23N3O2. The van der Waals surface area contributed by atoms with Crippen molar-refractivity contribution in [1.29, 1.82) is 0 Å². The van der Waals surface area contributed by atoms with Crippen molar-refractivity contribution < 1.29 is 9.53 Å². The molecule has 5 heteroatoms. The fourth-order valence-corrected chi connectivity index (χ4v) is 2.99. The summed E-state index contributed by atoms with van der Waals surface area (Å²) in [5.41, 5.74) is 1.85. The van der Waals surface area contributed by atoms with Crippen LogP contribution in [0, 0.1) is 0 Å². The first-order chi connectivity index (χ1) is 11.6. The molecule has 1 amide bonds. The lowest BCUT2D eigenvalue weighted by atomic mass is 10.1. The van der Waals surface area contributed by atoms with Gasteiger partial charge >= 0.3 is 0 Å². The minimum absolute atomic E-state index is 0.0172. The molecule has 0 saturated carbocycles. The molecule has 2 aromatic rings. The summed E-state index contributed by atoms with van der Waals surface area (Å²) in [5.74, 6) is 0.954. The summed E-state index contributed by atoms with van der Waals surface area (Å²) in [6, 6.07) is 13.6. The predicted molar refractivity (Wildman–Crippen MR) is 92.8 cm³/mol. The van der Waals surface area contributed by atoms with Gasteiger partial charge in [0.05, 0.1) is 12.5 Å². The van der Waals surface area contributed by atoms with E-state index in [1.54, 1.807) is 6.20 Å². The van der Waals surface area contributed by atoms with Crippen molar-refractivity contribution in [1.82, 2.24) is 14.8 Å². The second kappa shape index (κ2) is 7.45. The molecule has 5 nitrogen and oxygen atoms in total. The second-order valence-electron chi connectivity index (χ2n) is 6.35. The van der Waals surface area contributed by atoms with Gasteiger partial charge in [0.25, 0.3) is 0 Å². The number of pyridine rings is 1. The van der Waals surface area contributed by atoms with Crippen LogP contribution in [0.15, 0.2) is 48.7 Å². The molecular weight excluding hydrogens is 302 g/mol. The maximum Gasteiger partial charge on any atom is 0.229 e. The third-order valence-corrected chi connectivity index (χ3v) is 4.14. The van der Waals surface area contributed by atoms with Crippen LogP contribution in [0.5, 0.6) is 5.75 Å². The van der Waals surface area contributed by atoms with Crippen LogP contribution in [-0.4, -0.2) is 54.0 Å². The van der Waals surface area contributed by atoms with E-state index in [-0.39, 0.29) is 11.9 Å². The van der Waals surface area contributed by atoms with Crippen LogP contribution in [-0.2, 0) is 17.8 Å². The Balaban J connectivity index is 1.83. The average molecular weight is 325 g/mol. The van der Waals surface area contributed by atoms with Gasteiger partial charge in [-0.2, -0.15) is 0 Å². The Morgan fingerprint density at radius 3 is 2.79 bits per heavy atom. The zero-order valence-corrected chi connectivity index (χ0v) is 14.2. The molecule has 1 aromatic heterocycles. The summed E-state index contributed by atoms with van der Waals surface area (Å²) in [6.07, 6.45) is 2.04. The fourth-order valence-electron chi connectivity index (χ4n) is 2.99. The summed E-state index contributed by atoms with van der Waals surface area (Å²) in [6.45, 7) is 1.84. The molecule has 1 atom stereocenters. The topological polar surface area (TPSA) is 45.7 Å². The Hall–Kier alpha value is -2.40. The summed E-state index contributed by atoms with van der Waals surface area (Å²) < 4.78 is 5.96. The van der Waals surface area contributed by atoms with Gasteiger partial charge in [0, 0.05) is 30.5 Å². The number of aromatic nitrogens is 1. The molecule has 0 spiro atoms. The summed E-state index contributed by atoms with van der Waals surface area (Å²) >= 11 is 0. The van der Waals surface area contributed by atoms with Crippen LogP contribution in [0.2, 0.25) is 0 Å². The smallest absolute Gasteiger partial charge is 0.229 e. The number of amides is 1. The van der Waals surface area contributed by atoms with Gasteiger partial charge in [0.2, 0.25) is 5.91 Å². The number of likely N-dealkylation sites (N-methyl/N-ethyl adjacent to an activating group) is 1. The maximum absolute atomic E-state index is 12.9. The van der Waals surface area contributed by atoms with Crippen molar-refractivity contribution in [3.63, 3.8) is 0 Å². The van der Waals surface area contributed by atoms with E-state index in [1.807, 2.05) is 61.5 Å². The molecule has 3 rings (SSSR count). The monoisotopic (exact) mass is 325 g/mol. The zero-order chi connectivity index (χ0) is 16.9. The number of carbonyl (C=O) groups is 1. The van der Waals surface area contributed by atoms with Gasteiger partial charge in [0.1, 0.15) is 12.4 Å². The molecule has 1 aliphatic heterocycles. The minimum Gasteiger partial charge on any atom is -0.491 e. The van der Waals surface area contributed by atoms with E-state index in [9.17, 15) is 4.79 Å². The average Bonchev–Trinajstić information content (AvgIpc) is 2.75. The van der Waals surface area contributed by atoms with Crippen molar-refractivity contribution >= 4 is 5.91 Å². The van der Waals surface area contributed by atoms with Crippen LogP contribution in [0.25, 0.3) is 0 Å². The highest BCUT2D eigenvalue weighted by Gasteiger charge is 2.29. The molecule has 0 N–H and O–H groups in total. The molecule has 1 aliphatic rings. The van der Waals surface area contributed by atoms with Gasteiger partial charge in [-0.25, -0.2) is 0 Å². The van der Waals surface area contributed by atoms with E-state index in [0.717, 1.165) is 23.6 Å². The van der Waals surface area contributed by atoms with Crippen molar-refractivity contribution in [2.75, 3.05) is 27.2 Å². The number of fused-ring (bicyclic) bond motifs is 1. The van der Waals surface area contributed by atoms with Gasteiger partial charge in [-0.15, -0.1) is 0 Å². The highest BCUT2D eigenvalue weighted by molar-refractivity contribution is 5.79. The Kier molecular flexibility index (Phi) is 5.11. The normalized spacial score (nSPS) is 17.1. The minimum atomic E-state index is 0.0172. The van der Waals surface area contributed by atoms with Crippen LogP contribution in [0.3, 0.4) is 0 Å². The zero-order valence-electron chi connectivity index (χ0n) is 14.2. The highest BCUT2D eigenvalue weighted by Crippen LogP contribution is 2.25. The summed E-state index contributed by atoms with van der Waals surface area (Å²) in [5, 5.41) is 0. The molecule has 0 saturated heterocycles. The molecule has 0 fully saturated rings. The number of nitrogens with zero attached hydrogens (tertiary/aromatic N) is 3. The SMILES string of the molecule is CN(C)CC1COc2ccccc2CN1C(=O)Cc1ccccn1. The first-order valence-electron chi connectivity index (χ1n) is 8.18. The van der Waals surface area contributed by atoms with Crippen LogP contribution < -0.4 is 4.74 Å². The van der Waals surface area contributed by atoms with Gasteiger partial charge in [0.15, 0.2) is 0 Å². The van der Waals surface area contributed by atoms with E-state index >= 15 is 0 Å². The number of benzene rings is 1. The Labute approximate surface area is 142 Å². The third kappa shape index (κ3) is 3.92. The van der Waals surface area contributed by atoms with E-state index in [1.165, 1.54) is 0 Å². The van der Waals surface area contributed by atoms with Crippen molar-refractivity contribution in [2.24, 2.45) is 0 Å². The largest absolute Gasteiger partial charge is 0.491 e.